The molecule has 0 spiro atoms. The summed E-state index contributed by atoms with van der Waals surface area (Å²) in [7, 11) is 1.69. The van der Waals surface area contributed by atoms with E-state index in [9.17, 15) is 0 Å². The second-order valence-corrected chi connectivity index (χ2v) is 4.06. The average Bonchev–Trinajstić information content (AvgIpc) is 2.74. The molecule has 1 aliphatic rings. The van der Waals surface area contributed by atoms with Gasteiger partial charge in [-0.25, -0.2) is 0 Å². The highest BCUT2D eigenvalue weighted by Gasteiger charge is 2.26. The van der Waals surface area contributed by atoms with Gasteiger partial charge in [0.05, 0.1) is 6.61 Å². The standard InChI is InChI=1S/C12H17NO2/c1-12(8-13,14-2)10-3-4-11-9(7-10)5-6-15-11/h3-4,7H,5-6,8,13H2,1-2H3. The zero-order valence-electron chi connectivity index (χ0n) is 9.25. The summed E-state index contributed by atoms with van der Waals surface area (Å²) in [5.41, 5.74) is 7.72. The first kappa shape index (κ1) is 10.5. The fraction of sp³-hybridized carbons (Fsp3) is 0.500. The molecule has 0 amide bonds. The summed E-state index contributed by atoms with van der Waals surface area (Å²) in [5.74, 6) is 0.995. The van der Waals surface area contributed by atoms with E-state index < -0.39 is 5.60 Å². The second-order valence-electron chi connectivity index (χ2n) is 4.06. The molecule has 0 saturated heterocycles. The van der Waals surface area contributed by atoms with Crippen LogP contribution in [-0.4, -0.2) is 20.3 Å². The van der Waals surface area contributed by atoms with Crippen LogP contribution >= 0.6 is 0 Å². The summed E-state index contributed by atoms with van der Waals surface area (Å²) in [4.78, 5) is 0. The molecule has 0 bridgehead atoms. The van der Waals surface area contributed by atoms with E-state index in [2.05, 4.69) is 6.07 Å². The zero-order chi connectivity index (χ0) is 10.9. The fourth-order valence-electron chi connectivity index (χ4n) is 1.83. The molecule has 0 radical (unpaired) electrons. The van der Waals surface area contributed by atoms with E-state index in [1.807, 2.05) is 19.1 Å². The van der Waals surface area contributed by atoms with Crippen LogP contribution in [-0.2, 0) is 16.8 Å². The number of methoxy groups -OCH3 is 1. The van der Waals surface area contributed by atoms with Crippen molar-refractivity contribution in [2.24, 2.45) is 5.73 Å². The largest absolute Gasteiger partial charge is 0.493 e. The zero-order valence-corrected chi connectivity index (χ0v) is 9.25. The Bertz CT molecular complexity index is 359. The third-order valence-corrected chi connectivity index (χ3v) is 3.14. The third-order valence-electron chi connectivity index (χ3n) is 3.14. The Labute approximate surface area is 90.2 Å². The molecule has 15 heavy (non-hydrogen) atoms. The first-order valence-electron chi connectivity index (χ1n) is 5.21. The van der Waals surface area contributed by atoms with Crippen LogP contribution in [0.1, 0.15) is 18.1 Å². The number of rotatable bonds is 3. The van der Waals surface area contributed by atoms with Crippen LogP contribution in [0.4, 0.5) is 0 Å². The van der Waals surface area contributed by atoms with Gasteiger partial charge in [-0.2, -0.15) is 0 Å². The molecule has 1 unspecified atom stereocenters. The lowest BCUT2D eigenvalue weighted by Crippen LogP contribution is -2.33. The van der Waals surface area contributed by atoms with Gasteiger partial charge in [-0.3, -0.25) is 0 Å². The van der Waals surface area contributed by atoms with Crippen LogP contribution < -0.4 is 10.5 Å². The van der Waals surface area contributed by atoms with E-state index in [0.29, 0.717) is 6.54 Å². The van der Waals surface area contributed by atoms with Crippen molar-refractivity contribution < 1.29 is 9.47 Å². The maximum Gasteiger partial charge on any atom is 0.122 e. The smallest absolute Gasteiger partial charge is 0.122 e. The monoisotopic (exact) mass is 207 g/mol. The molecular weight excluding hydrogens is 190 g/mol. The predicted octanol–water partition coefficient (Wildman–Crippen LogP) is 1.44. The average molecular weight is 207 g/mol. The Balaban J connectivity index is 2.37. The summed E-state index contributed by atoms with van der Waals surface area (Å²) in [6.45, 7) is 3.26. The SMILES string of the molecule is COC(C)(CN)c1ccc2c(c1)CCO2. The topological polar surface area (TPSA) is 44.5 Å². The van der Waals surface area contributed by atoms with Gasteiger partial charge in [-0.1, -0.05) is 6.07 Å². The molecule has 1 atom stereocenters. The van der Waals surface area contributed by atoms with Crippen LogP contribution in [0.3, 0.4) is 0 Å². The fourth-order valence-corrected chi connectivity index (χ4v) is 1.83. The molecule has 1 aromatic rings. The summed E-state index contributed by atoms with van der Waals surface area (Å²) in [6.07, 6.45) is 0.980. The van der Waals surface area contributed by atoms with Crippen molar-refractivity contribution in [1.29, 1.82) is 0 Å². The molecule has 2 rings (SSSR count). The third kappa shape index (κ3) is 1.73. The lowest BCUT2D eigenvalue weighted by atomic mass is 9.93. The molecule has 2 N–H and O–H groups in total. The molecule has 0 saturated carbocycles. The van der Waals surface area contributed by atoms with Crippen molar-refractivity contribution in [2.45, 2.75) is 18.9 Å². The van der Waals surface area contributed by atoms with E-state index in [1.165, 1.54) is 5.56 Å². The van der Waals surface area contributed by atoms with Gasteiger partial charge in [0.2, 0.25) is 0 Å². The molecule has 1 heterocycles. The Morgan fingerprint density at radius 3 is 3.00 bits per heavy atom. The van der Waals surface area contributed by atoms with Crippen LogP contribution in [0.15, 0.2) is 18.2 Å². The predicted molar refractivity (Wildman–Crippen MR) is 59.1 cm³/mol. The summed E-state index contributed by atoms with van der Waals surface area (Å²) >= 11 is 0. The Morgan fingerprint density at radius 2 is 2.33 bits per heavy atom. The number of fused-ring (bicyclic) bond motifs is 1. The maximum atomic E-state index is 5.74. The molecular formula is C12H17NO2. The minimum absolute atomic E-state index is 0.391. The van der Waals surface area contributed by atoms with Gasteiger partial charge >= 0.3 is 0 Å². The Morgan fingerprint density at radius 1 is 1.53 bits per heavy atom. The van der Waals surface area contributed by atoms with Gasteiger partial charge in [0.1, 0.15) is 11.4 Å². The van der Waals surface area contributed by atoms with E-state index in [-0.39, 0.29) is 0 Å². The molecule has 0 aliphatic carbocycles. The van der Waals surface area contributed by atoms with E-state index >= 15 is 0 Å². The van der Waals surface area contributed by atoms with Crippen molar-refractivity contribution >= 4 is 0 Å². The van der Waals surface area contributed by atoms with Gasteiger partial charge in [-0.15, -0.1) is 0 Å². The minimum Gasteiger partial charge on any atom is -0.493 e. The lowest BCUT2D eigenvalue weighted by Gasteiger charge is -2.27. The molecule has 82 valence electrons. The van der Waals surface area contributed by atoms with E-state index in [1.54, 1.807) is 7.11 Å². The molecule has 1 aromatic carbocycles. The van der Waals surface area contributed by atoms with Crippen LogP contribution in [0.25, 0.3) is 0 Å². The highest BCUT2D eigenvalue weighted by atomic mass is 16.5. The first-order chi connectivity index (χ1) is 7.19. The van der Waals surface area contributed by atoms with Crippen LogP contribution in [0, 0.1) is 0 Å². The highest BCUT2D eigenvalue weighted by molar-refractivity contribution is 5.41. The van der Waals surface area contributed by atoms with Gasteiger partial charge in [-0.05, 0) is 30.2 Å². The van der Waals surface area contributed by atoms with E-state index in [4.69, 9.17) is 15.2 Å². The van der Waals surface area contributed by atoms with Crippen molar-refractivity contribution in [2.75, 3.05) is 20.3 Å². The quantitative estimate of drug-likeness (QED) is 0.815. The molecule has 0 aromatic heterocycles. The molecule has 3 heteroatoms. The number of benzene rings is 1. The summed E-state index contributed by atoms with van der Waals surface area (Å²) in [5, 5.41) is 0. The minimum atomic E-state index is -0.391. The van der Waals surface area contributed by atoms with Gasteiger partial charge in [0.15, 0.2) is 0 Å². The first-order valence-corrected chi connectivity index (χ1v) is 5.21. The van der Waals surface area contributed by atoms with Crippen molar-refractivity contribution in [1.82, 2.24) is 0 Å². The highest BCUT2D eigenvalue weighted by Crippen LogP contribution is 2.31. The van der Waals surface area contributed by atoms with Crippen LogP contribution in [0.2, 0.25) is 0 Å². The lowest BCUT2D eigenvalue weighted by molar-refractivity contribution is 0.0100. The normalized spacial score (nSPS) is 18.1. The number of hydrogen-bond donors (Lipinski definition) is 1. The Kier molecular flexibility index (Phi) is 2.67. The van der Waals surface area contributed by atoms with Gasteiger partial charge < -0.3 is 15.2 Å². The summed E-state index contributed by atoms with van der Waals surface area (Å²) in [6, 6.07) is 6.17. The maximum absolute atomic E-state index is 5.74. The molecule has 3 nitrogen and oxygen atoms in total. The molecule has 0 fully saturated rings. The van der Waals surface area contributed by atoms with Crippen molar-refractivity contribution in [3.63, 3.8) is 0 Å². The van der Waals surface area contributed by atoms with E-state index in [0.717, 1.165) is 24.3 Å². The van der Waals surface area contributed by atoms with Crippen molar-refractivity contribution in [3.8, 4) is 5.75 Å². The summed E-state index contributed by atoms with van der Waals surface area (Å²) < 4.78 is 10.9. The number of nitrogens with two attached hydrogens (primary N) is 1. The number of hydrogen-bond acceptors (Lipinski definition) is 3. The molecule has 1 aliphatic heterocycles. The second kappa shape index (κ2) is 3.83. The number of ether oxygens (including phenoxy) is 2. The van der Waals surface area contributed by atoms with Crippen LogP contribution in [0.5, 0.6) is 5.75 Å². The van der Waals surface area contributed by atoms with Gasteiger partial charge in [0, 0.05) is 20.1 Å². The Hall–Kier alpha value is -1.06. The van der Waals surface area contributed by atoms with Gasteiger partial charge in [0.25, 0.3) is 0 Å². The van der Waals surface area contributed by atoms with Crippen molar-refractivity contribution in [3.05, 3.63) is 29.3 Å².